The number of benzene rings is 2. The molecule has 0 aliphatic carbocycles. The van der Waals surface area contributed by atoms with Crippen LogP contribution < -0.4 is 0 Å². The SMILES string of the molecule is Cc1ccc(-n2c(SCC(=O)N(Cc3ccccc3)CC(F)(F)F)nnc2-c2ccncc2)cc1. The molecule has 180 valence electrons. The molecular formula is C25H22F3N5OS. The van der Waals surface area contributed by atoms with Crippen LogP contribution in [-0.4, -0.2) is 49.0 Å². The number of hydrogen-bond donors (Lipinski definition) is 0. The first-order valence-electron chi connectivity index (χ1n) is 10.7. The summed E-state index contributed by atoms with van der Waals surface area (Å²) in [5.74, 6) is -0.314. The minimum atomic E-state index is -4.51. The predicted octanol–water partition coefficient (Wildman–Crippen LogP) is 5.32. The summed E-state index contributed by atoms with van der Waals surface area (Å²) in [5.41, 5.74) is 3.24. The molecule has 4 rings (SSSR count). The van der Waals surface area contributed by atoms with Gasteiger partial charge < -0.3 is 4.90 Å². The highest BCUT2D eigenvalue weighted by Gasteiger charge is 2.33. The first-order chi connectivity index (χ1) is 16.8. The van der Waals surface area contributed by atoms with Crippen molar-refractivity contribution in [1.29, 1.82) is 0 Å². The van der Waals surface area contributed by atoms with Crippen LogP contribution in [-0.2, 0) is 11.3 Å². The predicted molar refractivity (Wildman–Crippen MR) is 128 cm³/mol. The van der Waals surface area contributed by atoms with E-state index in [2.05, 4.69) is 15.2 Å². The summed E-state index contributed by atoms with van der Waals surface area (Å²) in [5, 5.41) is 8.94. The molecule has 2 heterocycles. The number of nitrogens with zero attached hydrogens (tertiary/aromatic N) is 5. The standard InChI is InChI=1S/C25H22F3N5OS/c1-18-7-9-21(10-8-18)33-23(20-11-13-29-14-12-20)30-31-24(33)35-16-22(34)32(17-25(26,27)28)15-19-5-3-2-4-6-19/h2-14H,15-17H2,1H3. The summed E-state index contributed by atoms with van der Waals surface area (Å²) >= 11 is 1.05. The van der Waals surface area contributed by atoms with E-state index in [0.29, 0.717) is 16.5 Å². The Morgan fingerprint density at radius 1 is 0.971 bits per heavy atom. The normalized spacial score (nSPS) is 11.4. The van der Waals surface area contributed by atoms with E-state index >= 15 is 0 Å². The lowest BCUT2D eigenvalue weighted by atomic mass is 10.2. The quantitative estimate of drug-likeness (QED) is 0.308. The van der Waals surface area contributed by atoms with Crippen LogP contribution in [0.15, 0.2) is 84.3 Å². The second-order valence-electron chi connectivity index (χ2n) is 7.85. The first kappa shape index (κ1) is 24.5. The number of pyridine rings is 1. The summed E-state index contributed by atoms with van der Waals surface area (Å²) in [6.45, 7) is 0.511. The summed E-state index contributed by atoms with van der Waals surface area (Å²) in [7, 11) is 0. The largest absolute Gasteiger partial charge is 0.406 e. The molecule has 0 N–H and O–H groups in total. The van der Waals surface area contributed by atoms with E-state index in [1.54, 1.807) is 59.4 Å². The molecule has 0 fully saturated rings. The molecule has 0 saturated carbocycles. The molecule has 35 heavy (non-hydrogen) atoms. The fraction of sp³-hybridized carbons (Fsp3) is 0.200. The minimum Gasteiger partial charge on any atom is -0.329 e. The van der Waals surface area contributed by atoms with Crippen LogP contribution in [0, 0.1) is 6.92 Å². The van der Waals surface area contributed by atoms with Gasteiger partial charge in [0.1, 0.15) is 6.54 Å². The Balaban J connectivity index is 1.59. The minimum absolute atomic E-state index is 0.132. The highest BCUT2D eigenvalue weighted by atomic mass is 32.2. The number of alkyl halides is 3. The lowest BCUT2D eigenvalue weighted by Gasteiger charge is -2.24. The Morgan fingerprint density at radius 2 is 1.66 bits per heavy atom. The van der Waals surface area contributed by atoms with Crippen LogP contribution in [0.25, 0.3) is 17.1 Å². The number of halogens is 3. The van der Waals surface area contributed by atoms with Crippen LogP contribution in [0.5, 0.6) is 0 Å². The van der Waals surface area contributed by atoms with Gasteiger partial charge in [0.25, 0.3) is 0 Å². The average Bonchev–Trinajstić information content (AvgIpc) is 3.27. The Labute approximate surface area is 204 Å². The van der Waals surface area contributed by atoms with Crippen LogP contribution in [0.3, 0.4) is 0 Å². The van der Waals surface area contributed by atoms with Crippen molar-refractivity contribution < 1.29 is 18.0 Å². The van der Waals surface area contributed by atoms with E-state index in [0.717, 1.165) is 33.5 Å². The van der Waals surface area contributed by atoms with Crippen LogP contribution in [0.4, 0.5) is 13.2 Å². The summed E-state index contributed by atoms with van der Waals surface area (Å²) in [6.07, 6.45) is -1.23. The molecule has 6 nitrogen and oxygen atoms in total. The van der Waals surface area contributed by atoms with Crippen molar-refractivity contribution in [1.82, 2.24) is 24.6 Å². The van der Waals surface area contributed by atoms with Crippen molar-refractivity contribution in [2.45, 2.75) is 24.8 Å². The Kier molecular flexibility index (Phi) is 7.50. The van der Waals surface area contributed by atoms with Gasteiger partial charge in [-0.2, -0.15) is 13.2 Å². The zero-order valence-corrected chi connectivity index (χ0v) is 19.6. The molecule has 0 atom stereocenters. The molecule has 2 aromatic carbocycles. The first-order valence-corrected chi connectivity index (χ1v) is 11.7. The molecule has 2 aromatic heterocycles. The number of amides is 1. The molecule has 4 aromatic rings. The maximum atomic E-state index is 13.2. The molecule has 0 aliphatic heterocycles. The summed E-state index contributed by atoms with van der Waals surface area (Å²) in [4.78, 5) is 17.8. The lowest BCUT2D eigenvalue weighted by Crippen LogP contribution is -2.39. The number of carbonyl (C=O) groups is 1. The molecule has 0 spiro atoms. The molecule has 10 heteroatoms. The van der Waals surface area contributed by atoms with Gasteiger partial charge in [0.2, 0.25) is 5.91 Å². The van der Waals surface area contributed by atoms with E-state index in [9.17, 15) is 18.0 Å². The van der Waals surface area contributed by atoms with Crippen molar-refractivity contribution in [3.05, 3.63) is 90.3 Å². The van der Waals surface area contributed by atoms with Crippen LogP contribution in [0.2, 0.25) is 0 Å². The zero-order valence-electron chi connectivity index (χ0n) is 18.8. The van der Waals surface area contributed by atoms with Gasteiger partial charge in [-0.3, -0.25) is 14.3 Å². The van der Waals surface area contributed by atoms with E-state index < -0.39 is 18.6 Å². The summed E-state index contributed by atoms with van der Waals surface area (Å²) < 4.78 is 41.4. The topological polar surface area (TPSA) is 63.9 Å². The highest BCUT2D eigenvalue weighted by Crippen LogP contribution is 2.28. The van der Waals surface area contributed by atoms with Gasteiger partial charge in [-0.05, 0) is 36.8 Å². The second kappa shape index (κ2) is 10.7. The van der Waals surface area contributed by atoms with Crippen molar-refractivity contribution in [3.8, 4) is 17.1 Å². The fourth-order valence-corrected chi connectivity index (χ4v) is 4.30. The van der Waals surface area contributed by atoms with Gasteiger partial charge in [-0.25, -0.2) is 0 Å². The van der Waals surface area contributed by atoms with Crippen molar-refractivity contribution in [3.63, 3.8) is 0 Å². The Morgan fingerprint density at radius 3 is 2.31 bits per heavy atom. The van der Waals surface area contributed by atoms with E-state index in [1.165, 1.54) is 0 Å². The van der Waals surface area contributed by atoms with E-state index in [-0.39, 0.29) is 12.3 Å². The fourth-order valence-electron chi connectivity index (χ4n) is 3.45. The van der Waals surface area contributed by atoms with Gasteiger partial charge >= 0.3 is 6.18 Å². The average molecular weight is 498 g/mol. The summed E-state index contributed by atoms with van der Waals surface area (Å²) in [6, 6.07) is 19.9. The highest BCUT2D eigenvalue weighted by molar-refractivity contribution is 7.99. The molecular weight excluding hydrogens is 475 g/mol. The number of aryl methyl sites for hydroxylation is 1. The smallest absolute Gasteiger partial charge is 0.329 e. The monoisotopic (exact) mass is 497 g/mol. The van der Waals surface area contributed by atoms with Gasteiger partial charge in [0.05, 0.1) is 5.75 Å². The van der Waals surface area contributed by atoms with Crippen LogP contribution in [0.1, 0.15) is 11.1 Å². The van der Waals surface area contributed by atoms with E-state index in [1.807, 2.05) is 31.2 Å². The third-order valence-corrected chi connectivity index (χ3v) is 6.04. The third kappa shape index (κ3) is 6.48. The van der Waals surface area contributed by atoms with Crippen molar-refractivity contribution in [2.75, 3.05) is 12.3 Å². The lowest BCUT2D eigenvalue weighted by molar-refractivity contribution is -0.160. The number of rotatable bonds is 8. The second-order valence-corrected chi connectivity index (χ2v) is 8.79. The molecule has 0 radical (unpaired) electrons. The van der Waals surface area contributed by atoms with Gasteiger partial charge in [-0.15, -0.1) is 10.2 Å². The number of aromatic nitrogens is 4. The van der Waals surface area contributed by atoms with Gasteiger partial charge in [0.15, 0.2) is 11.0 Å². The van der Waals surface area contributed by atoms with Crippen LogP contribution >= 0.6 is 11.8 Å². The molecule has 0 unspecified atom stereocenters. The maximum Gasteiger partial charge on any atom is 0.406 e. The van der Waals surface area contributed by atoms with Crippen molar-refractivity contribution >= 4 is 17.7 Å². The third-order valence-electron chi connectivity index (χ3n) is 5.13. The van der Waals surface area contributed by atoms with Gasteiger partial charge in [0, 0.05) is 30.2 Å². The van der Waals surface area contributed by atoms with Crippen molar-refractivity contribution in [2.24, 2.45) is 0 Å². The molecule has 0 aliphatic rings. The maximum absolute atomic E-state index is 13.2. The van der Waals surface area contributed by atoms with E-state index in [4.69, 9.17) is 0 Å². The Hall–Kier alpha value is -3.66. The number of thioether (sulfide) groups is 1. The molecule has 1 amide bonds. The Bertz CT molecular complexity index is 1260. The zero-order chi connectivity index (χ0) is 24.8. The van der Waals surface area contributed by atoms with Gasteiger partial charge in [-0.1, -0.05) is 59.8 Å². The number of carbonyl (C=O) groups excluding carboxylic acids is 1. The molecule has 0 saturated heterocycles. The molecule has 0 bridgehead atoms. The number of hydrogen-bond acceptors (Lipinski definition) is 5.